The van der Waals surface area contributed by atoms with Crippen molar-refractivity contribution in [1.82, 2.24) is 9.21 Å². The van der Waals surface area contributed by atoms with Gasteiger partial charge in [-0.25, -0.2) is 4.39 Å². The molecule has 2 aromatic carbocycles. The molecule has 30 heavy (non-hydrogen) atoms. The van der Waals surface area contributed by atoms with Crippen molar-refractivity contribution in [2.75, 3.05) is 44.1 Å². The summed E-state index contributed by atoms with van der Waals surface area (Å²) in [7, 11) is -1.95. The van der Waals surface area contributed by atoms with Crippen LogP contribution in [0.3, 0.4) is 0 Å². The number of carbonyl (C=O) groups excluding carboxylic acids is 1. The van der Waals surface area contributed by atoms with Gasteiger partial charge in [-0.05, 0) is 30.8 Å². The van der Waals surface area contributed by atoms with E-state index in [4.69, 9.17) is 17.3 Å². The van der Waals surface area contributed by atoms with Gasteiger partial charge in [-0.15, -0.1) is 0 Å². The predicted octanol–water partition coefficient (Wildman–Crippen LogP) is 2.12. The molecular formula is C20H24ClFN4O3S. The van der Waals surface area contributed by atoms with Gasteiger partial charge in [0.25, 0.3) is 0 Å². The van der Waals surface area contributed by atoms with Gasteiger partial charge in [0.05, 0.1) is 23.8 Å². The summed E-state index contributed by atoms with van der Waals surface area (Å²) in [6.07, 6.45) is 0. The van der Waals surface area contributed by atoms with Crippen LogP contribution in [0.1, 0.15) is 15.9 Å². The number of hydrogen-bond acceptors (Lipinski definition) is 5. The number of ketones is 1. The largest absolute Gasteiger partial charge is 0.324 e. The van der Waals surface area contributed by atoms with Crippen LogP contribution in [0.4, 0.5) is 10.1 Å². The number of Topliss-reactive ketones (excluding diaryl/α,β-unsaturated/α-hetero) is 1. The minimum absolute atomic E-state index is 0.00767. The highest BCUT2D eigenvalue weighted by Crippen LogP contribution is 2.28. The molecule has 1 fully saturated rings. The molecule has 162 valence electrons. The number of halogens is 2. The van der Waals surface area contributed by atoms with Crippen molar-refractivity contribution in [2.24, 2.45) is 5.73 Å². The highest BCUT2D eigenvalue weighted by atomic mass is 35.5. The van der Waals surface area contributed by atoms with Crippen LogP contribution in [-0.2, 0) is 16.8 Å². The van der Waals surface area contributed by atoms with E-state index in [0.29, 0.717) is 37.3 Å². The molecule has 1 heterocycles. The summed E-state index contributed by atoms with van der Waals surface area (Å²) in [5.41, 5.74) is 6.78. The zero-order chi connectivity index (χ0) is 21.9. The quantitative estimate of drug-likeness (QED) is 0.647. The Bertz CT molecular complexity index is 1010. The van der Waals surface area contributed by atoms with E-state index in [9.17, 15) is 17.6 Å². The minimum atomic E-state index is -3.89. The Hall–Kier alpha value is -2.04. The molecule has 0 unspecified atom stereocenters. The molecule has 7 nitrogen and oxygen atoms in total. The number of anilines is 1. The second-order valence-electron chi connectivity index (χ2n) is 7.14. The number of likely N-dealkylation sites (N-methyl/N-ethyl adjacent to an activating group) is 1. The number of rotatable bonds is 7. The van der Waals surface area contributed by atoms with E-state index < -0.39 is 16.0 Å². The van der Waals surface area contributed by atoms with Crippen LogP contribution in [0.15, 0.2) is 42.5 Å². The summed E-state index contributed by atoms with van der Waals surface area (Å²) in [6, 6.07) is 10.4. The van der Waals surface area contributed by atoms with Gasteiger partial charge in [-0.1, -0.05) is 35.9 Å². The monoisotopic (exact) mass is 454 g/mol. The molecule has 0 aliphatic carbocycles. The molecular weight excluding hydrogens is 431 g/mol. The number of hydrogen-bond donors (Lipinski definition) is 1. The lowest BCUT2D eigenvalue weighted by Gasteiger charge is -2.36. The summed E-state index contributed by atoms with van der Waals surface area (Å²) in [6.45, 7) is 1.85. The Morgan fingerprint density at radius 2 is 1.77 bits per heavy atom. The predicted molar refractivity (Wildman–Crippen MR) is 115 cm³/mol. The third-order valence-corrected chi connectivity index (χ3v) is 7.25. The lowest BCUT2D eigenvalue weighted by molar-refractivity contribution is 0.100. The number of carbonyl (C=O) groups is 1. The lowest BCUT2D eigenvalue weighted by Crippen LogP contribution is -2.52. The van der Waals surface area contributed by atoms with Crippen LogP contribution >= 0.6 is 11.6 Å². The van der Waals surface area contributed by atoms with E-state index >= 15 is 0 Å². The zero-order valence-corrected chi connectivity index (χ0v) is 18.2. The molecule has 2 N–H and O–H groups in total. The van der Waals surface area contributed by atoms with Gasteiger partial charge in [-0.3, -0.25) is 9.10 Å². The highest BCUT2D eigenvalue weighted by Gasteiger charge is 2.32. The van der Waals surface area contributed by atoms with E-state index in [1.807, 2.05) is 7.05 Å². The number of nitrogens with two attached hydrogens (primary N) is 1. The first-order chi connectivity index (χ1) is 14.2. The van der Waals surface area contributed by atoms with Crippen molar-refractivity contribution in [3.63, 3.8) is 0 Å². The SMILES string of the molecule is CN1CCN(S(=O)(=O)N(Cc2ccc(C(=O)CN)cc2)c2ccc(F)c(Cl)c2)CC1. The molecule has 1 saturated heterocycles. The van der Waals surface area contributed by atoms with Gasteiger partial charge in [-0.2, -0.15) is 12.7 Å². The van der Waals surface area contributed by atoms with Crippen LogP contribution in [0.2, 0.25) is 5.02 Å². The second kappa shape index (κ2) is 9.40. The topological polar surface area (TPSA) is 87.0 Å². The summed E-state index contributed by atoms with van der Waals surface area (Å²) in [5.74, 6) is -0.823. The first-order valence-corrected chi connectivity index (χ1v) is 11.2. The van der Waals surface area contributed by atoms with E-state index in [0.717, 1.165) is 6.07 Å². The van der Waals surface area contributed by atoms with E-state index in [1.165, 1.54) is 20.7 Å². The average Bonchev–Trinajstić information content (AvgIpc) is 2.74. The third kappa shape index (κ3) is 4.98. The van der Waals surface area contributed by atoms with Crippen molar-refractivity contribution in [2.45, 2.75) is 6.54 Å². The summed E-state index contributed by atoms with van der Waals surface area (Å²) in [4.78, 5) is 13.8. The van der Waals surface area contributed by atoms with Crippen molar-refractivity contribution >= 4 is 33.3 Å². The standard InChI is InChI=1S/C20H24ClFN4O3S/c1-24-8-10-25(11-9-24)30(28,29)26(17-6-7-19(22)18(21)12-17)14-15-2-4-16(5-3-15)20(27)13-23/h2-7,12H,8-11,13-14,23H2,1H3. The van der Waals surface area contributed by atoms with Crippen LogP contribution in [0.25, 0.3) is 0 Å². The normalized spacial score (nSPS) is 15.9. The first-order valence-electron chi connectivity index (χ1n) is 9.46. The smallest absolute Gasteiger partial charge is 0.304 e. The fourth-order valence-electron chi connectivity index (χ4n) is 3.18. The Labute approximate surface area is 181 Å². The van der Waals surface area contributed by atoms with Gasteiger partial charge in [0.1, 0.15) is 5.82 Å². The fraction of sp³-hybridized carbons (Fsp3) is 0.350. The Kier molecular flexibility index (Phi) is 7.10. The third-order valence-electron chi connectivity index (χ3n) is 5.05. The second-order valence-corrected chi connectivity index (χ2v) is 9.40. The number of nitrogens with zero attached hydrogens (tertiary/aromatic N) is 3. The lowest BCUT2D eigenvalue weighted by atomic mass is 10.1. The molecule has 0 amide bonds. The van der Waals surface area contributed by atoms with Crippen LogP contribution in [-0.4, -0.2) is 63.2 Å². The van der Waals surface area contributed by atoms with Crippen LogP contribution < -0.4 is 10.0 Å². The Morgan fingerprint density at radius 1 is 1.13 bits per heavy atom. The highest BCUT2D eigenvalue weighted by molar-refractivity contribution is 7.90. The van der Waals surface area contributed by atoms with Crippen molar-refractivity contribution < 1.29 is 17.6 Å². The van der Waals surface area contributed by atoms with E-state index in [-0.39, 0.29) is 29.6 Å². The summed E-state index contributed by atoms with van der Waals surface area (Å²) >= 11 is 5.92. The van der Waals surface area contributed by atoms with Crippen molar-refractivity contribution in [3.05, 3.63) is 64.4 Å². The Morgan fingerprint density at radius 3 is 2.33 bits per heavy atom. The molecule has 1 aliphatic heterocycles. The fourth-order valence-corrected chi connectivity index (χ4v) is 4.95. The molecule has 0 spiro atoms. The molecule has 0 bridgehead atoms. The molecule has 0 aromatic heterocycles. The van der Waals surface area contributed by atoms with Crippen LogP contribution in [0.5, 0.6) is 0 Å². The van der Waals surface area contributed by atoms with E-state index in [1.54, 1.807) is 24.3 Å². The maximum atomic E-state index is 13.7. The van der Waals surface area contributed by atoms with Gasteiger partial charge in [0, 0.05) is 31.7 Å². The first kappa shape index (κ1) is 22.6. The molecule has 1 aliphatic rings. The number of benzene rings is 2. The number of piperazine rings is 1. The zero-order valence-electron chi connectivity index (χ0n) is 16.6. The molecule has 0 saturated carbocycles. The minimum Gasteiger partial charge on any atom is -0.324 e. The van der Waals surface area contributed by atoms with Gasteiger partial charge >= 0.3 is 10.2 Å². The average molecular weight is 455 g/mol. The maximum absolute atomic E-state index is 13.7. The van der Waals surface area contributed by atoms with Crippen molar-refractivity contribution in [1.29, 1.82) is 0 Å². The summed E-state index contributed by atoms with van der Waals surface area (Å²) < 4.78 is 43.2. The van der Waals surface area contributed by atoms with Crippen molar-refractivity contribution in [3.8, 4) is 0 Å². The molecule has 0 radical (unpaired) electrons. The van der Waals surface area contributed by atoms with Gasteiger partial charge < -0.3 is 10.6 Å². The molecule has 0 atom stereocenters. The Balaban J connectivity index is 1.95. The summed E-state index contributed by atoms with van der Waals surface area (Å²) in [5, 5.41) is -0.157. The molecule has 3 rings (SSSR count). The van der Waals surface area contributed by atoms with E-state index in [2.05, 4.69) is 4.90 Å². The molecule has 2 aromatic rings. The maximum Gasteiger partial charge on any atom is 0.304 e. The van der Waals surface area contributed by atoms with Crippen LogP contribution in [0, 0.1) is 5.82 Å². The molecule has 10 heteroatoms. The van der Waals surface area contributed by atoms with Gasteiger partial charge in [0.2, 0.25) is 0 Å². The van der Waals surface area contributed by atoms with Gasteiger partial charge in [0.15, 0.2) is 5.78 Å².